The number of hydrogen-bond donors (Lipinski definition) is 1. The zero-order valence-corrected chi connectivity index (χ0v) is 8.46. The summed E-state index contributed by atoms with van der Waals surface area (Å²) in [7, 11) is 7.72. The zero-order chi connectivity index (χ0) is 5.15. The Hall–Kier alpha value is 2.11. The molecule has 1 nitrogen and oxygen atoms in total. The van der Waals surface area contributed by atoms with E-state index in [1.54, 1.807) is 0 Å². The van der Waals surface area contributed by atoms with Gasteiger partial charge in [-0.15, -0.1) is 17.9 Å². The molecule has 2 N–H and O–H groups in total. The number of rotatable bonds is 1. The molecule has 0 radical (unpaired) electrons. The van der Waals surface area contributed by atoms with Crippen molar-refractivity contribution in [1.82, 2.24) is 0 Å². The molecule has 0 rings (SSSR count). The molecule has 0 spiro atoms. The van der Waals surface area contributed by atoms with Crippen molar-refractivity contribution in [3.8, 4) is 0 Å². The van der Waals surface area contributed by atoms with E-state index in [0.29, 0.717) is 0 Å². The molecule has 0 aromatic carbocycles. The molecule has 0 amide bonds. The predicted molar refractivity (Wildman–Crippen MR) is 47.2 cm³/mol. The molecule has 0 aromatic rings. The van der Waals surface area contributed by atoms with Gasteiger partial charge in [0.15, 0.2) is 0 Å². The second-order valence-corrected chi connectivity index (χ2v) is 15.8. The highest BCUT2D eigenvalue weighted by molar-refractivity contribution is 8.81. The summed E-state index contributed by atoms with van der Waals surface area (Å²) >= 11 is 0. The molecule has 0 aliphatic rings. The molecule has 0 heterocycles. The maximum atomic E-state index is 5.45. The molecule has 4 unspecified atom stereocenters. The first-order chi connectivity index (χ1) is 2.64. The zero-order valence-electron chi connectivity index (χ0n) is 3.20. The molecular formula is H8NP5. The number of nitrogens with two attached hydrogens (primary N) is 1. The summed E-state index contributed by atoms with van der Waals surface area (Å²) in [5.74, 6) is 0. The van der Waals surface area contributed by atoms with E-state index in [4.69, 9.17) is 5.50 Å². The van der Waals surface area contributed by atoms with Crippen molar-refractivity contribution in [1.29, 1.82) is 0 Å². The Kier molecular flexibility index (Phi) is 5.45. The molecule has 0 fully saturated rings. The Bertz CT molecular complexity index is 24.9. The van der Waals surface area contributed by atoms with Crippen LogP contribution in [0.4, 0.5) is 0 Å². The number of hydrogen-bond acceptors (Lipinski definition) is 1. The molecule has 0 saturated heterocycles. The first kappa shape index (κ1) is 8.11. The predicted octanol–water partition coefficient (Wildman–Crippen LogP) is 2.11. The van der Waals surface area contributed by atoms with Crippen molar-refractivity contribution >= 4 is 41.2 Å². The van der Waals surface area contributed by atoms with Crippen LogP contribution in [0.25, 0.3) is 0 Å². The Morgan fingerprint density at radius 1 is 1.17 bits per heavy atom. The van der Waals surface area contributed by atoms with Gasteiger partial charge in [0, 0.05) is 7.45 Å². The van der Waals surface area contributed by atoms with Crippen LogP contribution in [0.5, 0.6) is 0 Å². The second kappa shape index (κ2) is 4.04. The lowest BCUT2D eigenvalue weighted by molar-refractivity contribution is 2.04. The van der Waals surface area contributed by atoms with Gasteiger partial charge in [0.05, 0.1) is 0 Å². The molecule has 0 bridgehead atoms. The van der Waals surface area contributed by atoms with E-state index in [1.807, 2.05) is 0 Å². The summed E-state index contributed by atoms with van der Waals surface area (Å²) in [5, 5.41) is 0. The fraction of sp³-hybridized carbons (Fsp3) is 0. The molecule has 0 aliphatic carbocycles. The molecule has 0 aliphatic heterocycles. The van der Waals surface area contributed by atoms with Crippen LogP contribution in [0.3, 0.4) is 0 Å². The SMILES string of the molecule is NP(P)P(P)P. The van der Waals surface area contributed by atoms with E-state index in [2.05, 4.69) is 26.8 Å². The molecule has 38 valence electrons. The van der Waals surface area contributed by atoms with Gasteiger partial charge in [0.25, 0.3) is 0 Å². The van der Waals surface area contributed by atoms with Gasteiger partial charge < -0.3 is 5.50 Å². The standard InChI is InChI=1S/H8NP5/c1-5(2)6(3)4/h1-4H2. The van der Waals surface area contributed by atoms with Crippen molar-refractivity contribution < 1.29 is 0 Å². The topological polar surface area (TPSA) is 26.0 Å². The van der Waals surface area contributed by atoms with Crippen molar-refractivity contribution in [3.63, 3.8) is 0 Å². The van der Waals surface area contributed by atoms with Gasteiger partial charge in [-0.25, -0.2) is 0 Å². The van der Waals surface area contributed by atoms with Crippen LogP contribution in [0, 0.1) is 0 Å². The van der Waals surface area contributed by atoms with Crippen LogP contribution in [0.1, 0.15) is 0 Å². The Morgan fingerprint density at radius 2 is 1.33 bits per heavy atom. The maximum Gasteiger partial charge on any atom is 0.0106 e. The summed E-state index contributed by atoms with van der Waals surface area (Å²) in [6, 6.07) is 0. The van der Waals surface area contributed by atoms with E-state index >= 15 is 0 Å². The summed E-state index contributed by atoms with van der Waals surface area (Å²) in [6.45, 7) is -0.0206. The van der Waals surface area contributed by atoms with Crippen LogP contribution in [0.15, 0.2) is 0 Å². The highest BCUT2D eigenvalue weighted by Gasteiger charge is 1.95. The summed E-state index contributed by atoms with van der Waals surface area (Å²) in [6.07, 6.45) is 0. The van der Waals surface area contributed by atoms with Crippen molar-refractivity contribution in [2.45, 2.75) is 0 Å². The second-order valence-electron chi connectivity index (χ2n) is 0.760. The summed E-state index contributed by atoms with van der Waals surface area (Å²) in [5.41, 5.74) is 5.45. The fourth-order valence-electron chi connectivity index (χ4n) is 0. The van der Waals surface area contributed by atoms with Gasteiger partial charge in [-0.3, -0.25) is 0 Å². The van der Waals surface area contributed by atoms with E-state index in [9.17, 15) is 0 Å². The largest absolute Gasteiger partial charge is 0.303 e. The lowest BCUT2D eigenvalue weighted by atomic mass is 13.9. The van der Waals surface area contributed by atoms with E-state index < -0.39 is 0 Å². The molecule has 0 aromatic heterocycles. The van der Waals surface area contributed by atoms with Gasteiger partial charge in [0.2, 0.25) is 0 Å². The Labute approximate surface area is 47.3 Å². The van der Waals surface area contributed by atoms with Crippen LogP contribution >= 0.6 is 41.2 Å². The minimum atomic E-state index is -0.252. The Morgan fingerprint density at radius 3 is 1.33 bits per heavy atom. The fourth-order valence-corrected chi connectivity index (χ4v) is 0. The summed E-state index contributed by atoms with van der Waals surface area (Å²) < 4.78 is 0. The molecule has 0 saturated carbocycles. The van der Waals surface area contributed by atoms with Crippen molar-refractivity contribution in [3.05, 3.63) is 0 Å². The lowest BCUT2D eigenvalue weighted by Crippen LogP contribution is -1.66. The third-order valence-electron chi connectivity index (χ3n) is 0.267. The van der Waals surface area contributed by atoms with Crippen molar-refractivity contribution in [2.75, 3.05) is 0 Å². The van der Waals surface area contributed by atoms with E-state index in [0.717, 1.165) is 0 Å². The average Bonchev–Trinajstić information content (AvgIpc) is 1.36. The van der Waals surface area contributed by atoms with Crippen LogP contribution in [-0.4, -0.2) is 0 Å². The third kappa shape index (κ3) is 4.27. The van der Waals surface area contributed by atoms with Crippen LogP contribution in [0.2, 0.25) is 0 Å². The van der Waals surface area contributed by atoms with Gasteiger partial charge >= 0.3 is 0 Å². The Balaban J connectivity index is 2.99. The maximum absolute atomic E-state index is 5.45. The monoisotopic (exact) mass is 177 g/mol. The van der Waals surface area contributed by atoms with Gasteiger partial charge in [-0.1, -0.05) is 8.93 Å². The average molecular weight is 177 g/mol. The molecule has 6 heteroatoms. The quantitative estimate of drug-likeness (QED) is 0.609. The molecule has 4 atom stereocenters. The normalized spacial score (nSPS) is 15.5. The first-order valence-corrected chi connectivity index (χ1v) is 9.55. The van der Waals surface area contributed by atoms with Gasteiger partial charge in [0.1, 0.15) is 0 Å². The molecule has 6 heavy (non-hydrogen) atoms. The highest BCUT2D eigenvalue weighted by atomic mass is 32.8. The van der Waals surface area contributed by atoms with Gasteiger partial charge in [-0.2, -0.15) is 0 Å². The van der Waals surface area contributed by atoms with E-state index in [1.165, 1.54) is 0 Å². The van der Waals surface area contributed by atoms with Gasteiger partial charge in [-0.05, 0) is 6.99 Å². The first-order valence-electron chi connectivity index (χ1n) is 1.23. The third-order valence-corrected chi connectivity index (χ3v) is 14.4. The minimum absolute atomic E-state index is 0.0206. The smallest absolute Gasteiger partial charge is 0.0106 e. The van der Waals surface area contributed by atoms with Crippen molar-refractivity contribution in [2.24, 2.45) is 5.50 Å². The van der Waals surface area contributed by atoms with E-state index in [-0.39, 0.29) is 14.4 Å². The summed E-state index contributed by atoms with van der Waals surface area (Å²) in [4.78, 5) is 0. The molecular weight excluding hydrogens is 169 g/mol. The lowest BCUT2D eigenvalue weighted by Gasteiger charge is -2.06. The minimum Gasteiger partial charge on any atom is -0.303 e. The van der Waals surface area contributed by atoms with Crippen LogP contribution < -0.4 is 5.50 Å². The highest BCUT2D eigenvalue weighted by Crippen LogP contribution is 2.78. The van der Waals surface area contributed by atoms with Crippen LogP contribution in [-0.2, 0) is 0 Å².